The van der Waals surface area contributed by atoms with Crippen molar-refractivity contribution in [2.75, 3.05) is 0 Å². The molecule has 0 spiro atoms. The standard InChI is InChI=1S/C11H9ClFN3O2S2/c1-14-9(17)16(10(18)15(2)11(14)20)7-4-8(19)5(12)3-6(7)13/h3-4,19H,1-2H3. The van der Waals surface area contributed by atoms with Crippen LogP contribution in [0, 0.1) is 10.6 Å². The second kappa shape index (κ2) is 5.19. The van der Waals surface area contributed by atoms with Gasteiger partial charge in [-0.1, -0.05) is 11.6 Å². The molecule has 0 N–H and O–H groups in total. The first-order valence-electron chi connectivity index (χ1n) is 5.33. The van der Waals surface area contributed by atoms with Crippen LogP contribution in [0.15, 0.2) is 26.6 Å². The van der Waals surface area contributed by atoms with Gasteiger partial charge in [0.2, 0.25) is 0 Å². The normalized spacial score (nSPS) is 10.8. The van der Waals surface area contributed by atoms with Crippen molar-refractivity contribution < 1.29 is 4.39 Å². The van der Waals surface area contributed by atoms with E-state index in [0.717, 1.165) is 15.2 Å². The van der Waals surface area contributed by atoms with Crippen LogP contribution < -0.4 is 11.4 Å². The van der Waals surface area contributed by atoms with Gasteiger partial charge in [-0.05, 0) is 24.4 Å². The largest absolute Gasteiger partial charge is 0.338 e. The minimum atomic E-state index is -0.802. The molecule has 1 heterocycles. The quantitative estimate of drug-likeness (QED) is 0.638. The summed E-state index contributed by atoms with van der Waals surface area (Å²) in [6.07, 6.45) is 0. The average Bonchev–Trinajstić information content (AvgIpc) is 2.40. The Hall–Kier alpha value is -1.38. The monoisotopic (exact) mass is 333 g/mol. The van der Waals surface area contributed by atoms with Crippen molar-refractivity contribution in [2.24, 2.45) is 14.1 Å². The Kier molecular flexibility index (Phi) is 3.90. The molecular formula is C11H9ClFN3O2S2. The molecule has 20 heavy (non-hydrogen) atoms. The molecule has 0 saturated heterocycles. The number of thiol groups is 1. The molecule has 0 aliphatic carbocycles. The Bertz CT molecular complexity index is 845. The fraction of sp³-hybridized carbons (Fsp3) is 0.182. The van der Waals surface area contributed by atoms with E-state index in [-0.39, 0.29) is 20.4 Å². The van der Waals surface area contributed by atoms with Gasteiger partial charge in [-0.15, -0.1) is 12.6 Å². The van der Waals surface area contributed by atoms with Gasteiger partial charge in [0.25, 0.3) is 0 Å². The Morgan fingerprint density at radius 2 is 1.70 bits per heavy atom. The first-order chi connectivity index (χ1) is 9.25. The maximum absolute atomic E-state index is 14.0. The maximum atomic E-state index is 14.0. The summed E-state index contributed by atoms with van der Waals surface area (Å²) in [6, 6.07) is 2.21. The molecule has 5 nitrogen and oxygen atoms in total. The molecular weight excluding hydrogens is 325 g/mol. The van der Waals surface area contributed by atoms with Crippen molar-refractivity contribution in [3.8, 4) is 5.69 Å². The van der Waals surface area contributed by atoms with Crippen LogP contribution in [-0.4, -0.2) is 13.7 Å². The third kappa shape index (κ3) is 2.23. The van der Waals surface area contributed by atoms with E-state index >= 15 is 0 Å². The van der Waals surface area contributed by atoms with Crippen molar-refractivity contribution >= 4 is 36.4 Å². The lowest BCUT2D eigenvalue weighted by Gasteiger charge is -2.11. The fourth-order valence-corrected chi connectivity index (χ4v) is 2.17. The number of benzene rings is 1. The Morgan fingerprint density at radius 1 is 1.20 bits per heavy atom. The highest BCUT2D eigenvalue weighted by atomic mass is 35.5. The van der Waals surface area contributed by atoms with E-state index in [2.05, 4.69) is 12.6 Å². The van der Waals surface area contributed by atoms with Gasteiger partial charge in [-0.25, -0.2) is 18.5 Å². The Morgan fingerprint density at radius 3 is 2.20 bits per heavy atom. The first kappa shape index (κ1) is 15.0. The summed E-state index contributed by atoms with van der Waals surface area (Å²) in [5.74, 6) is -0.802. The highest BCUT2D eigenvalue weighted by Gasteiger charge is 2.16. The SMILES string of the molecule is Cn1c(=S)n(C)c(=O)n(-c2cc(S)c(Cl)cc2F)c1=O. The van der Waals surface area contributed by atoms with Crippen LogP contribution in [0.25, 0.3) is 5.69 Å². The lowest BCUT2D eigenvalue weighted by Crippen LogP contribution is -2.43. The molecule has 1 aromatic carbocycles. The number of halogens is 2. The Balaban J connectivity index is 2.99. The molecule has 0 aliphatic rings. The number of hydrogen-bond acceptors (Lipinski definition) is 4. The van der Waals surface area contributed by atoms with Crippen LogP contribution in [0.3, 0.4) is 0 Å². The van der Waals surface area contributed by atoms with Gasteiger partial charge in [0.05, 0.1) is 10.7 Å². The lowest BCUT2D eigenvalue weighted by atomic mass is 10.3. The summed E-state index contributed by atoms with van der Waals surface area (Å²) in [6.45, 7) is 0. The number of nitrogens with zero attached hydrogens (tertiary/aromatic N) is 3. The van der Waals surface area contributed by atoms with E-state index in [0.29, 0.717) is 4.57 Å². The van der Waals surface area contributed by atoms with Gasteiger partial charge < -0.3 is 0 Å². The molecule has 2 aromatic rings. The van der Waals surface area contributed by atoms with Crippen LogP contribution >= 0.6 is 36.4 Å². The topological polar surface area (TPSA) is 48.9 Å². The summed E-state index contributed by atoms with van der Waals surface area (Å²) in [5, 5.41) is 0.0868. The van der Waals surface area contributed by atoms with E-state index in [9.17, 15) is 14.0 Å². The molecule has 9 heteroatoms. The minimum Gasteiger partial charge on any atom is -0.273 e. The summed E-state index contributed by atoms with van der Waals surface area (Å²) in [5.41, 5.74) is -1.71. The van der Waals surface area contributed by atoms with Crippen molar-refractivity contribution in [2.45, 2.75) is 4.90 Å². The maximum Gasteiger partial charge on any atom is 0.338 e. The van der Waals surface area contributed by atoms with Gasteiger partial charge in [0.15, 0.2) is 4.77 Å². The van der Waals surface area contributed by atoms with Crippen molar-refractivity contribution in [1.82, 2.24) is 13.7 Å². The smallest absolute Gasteiger partial charge is 0.273 e. The van der Waals surface area contributed by atoms with E-state index in [4.69, 9.17) is 23.8 Å². The van der Waals surface area contributed by atoms with E-state index in [1.54, 1.807) is 0 Å². The first-order valence-corrected chi connectivity index (χ1v) is 6.56. The molecule has 0 fully saturated rings. The zero-order valence-electron chi connectivity index (χ0n) is 10.4. The second-order valence-electron chi connectivity index (χ2n) is 4.06. The highest BCUT2D eigenvalue weighted by Crippen LogP contribution is 2.24. The van der Waals surface area contributed by atoms with E-state index in [1.165, 1.54) is 20.2 Å². The number of aromatic nitrogens is 3. The van der Waals surface area contributed by atoms with Crippen LogP contribution in [0.5, 0.6) is 0 Å². The molecule has 0 amide bonds. The van der Waals surface area contributed by atoms with Crippen LogP contribution in [-0.2, 0) is 14.1 Å². The molecule has 0 radical (unpaired) electrons. The molecule has 0 aliphatic heterocycles. The molecule has 0 saturated carbocycles. The van der Waals surface area contributed by atoms with Gasteiger partial charge >= 0.3 is 11.4 Å². The molecule has 0 atom stereocenters. The van der Waals surface area contributed by atoms with Gasteiger partial charge in [0.1, 0.15) is 5.82 Å². The van der Waals surface area contributed by atoms with E-state index in [1.807, 2.05) is 0 Å². The fourth-order valence-electron chi connectivity index (χ4n) is 1.67. The van der Waals surface area contributed by atoms with Crippen molar-refractivity contribution in [3.63, 3.8) is 0 Å². The summed E-state index contributed by atoms with van der Waals surface area (Å²) < 4.78 is 16.8. The minimum absolute atomic E-state index is 0.0386. The van der Waals surface area contributed by atoms with Crippen LogP contribution in [0.4, 0.5) is 4.39 Å². The molecule has 106 valence electrons. The second-order valence-corrected chi connectivity index (χ2v) is 5.31. The average molecular weight is 334 g/mol. The summed E-state index contributed by atoms with van der Waals surface area (Å²) in [7, 11) is 2.80. The van der Waals surface area contributed by atoms with Gasteiger partial charge in [-0.2, -0.15) is 0 Å². The van der Waals surface area contributed by atoms with Crippen LogP contribution in [0.2, 0.25) is 5.02 Å². The molecule has 1 aromatic heterocycles. The third-order valence-corrected chi connectivity index (χ3v) is 4.15. The Labute approximate surface area is 128 Å². The number of hydrogen-bond donors (Lipinski definition) is 1. The summed E-state index contributed by atoms with van der Waals surface area (Å²) in [4.78, 5) is 24.5. The zero-order chi connectivity index (χ0) is 15.2. The number of rotatable bonds is 1. The molecule has 0 unspecified atom stereocenters. The lowest BCUT2D eigenvalue weighted by molar-refractivity contribution is 0.569. The van der Waals surface area contributed by atoms with Crippen molar-refractivity contribution in [1.29, 1.82) is 0 Å². The summed E-state index contributed by atoms with van der Waals surface area (Å²) >= 11 is 14.7. The predicted octanol–water partition coefficient (Wildman–Crippen LogP) is 1.69. The van der Waals surface area contributed by atoms with E-state index < -0.39 is 17.2 Å². The molecule has 2 rings (SSSR count). The van der Waals surface area contributed by atoms with Gasteiger partial charge in [0, 0.05) is 19.0 Å². The van der Waals surface area contributed by atoms with Crippen LogP contribution in [0.1, 0.15) is 0 Å². The van der Waals surface area contributed by atoms with Gasteiger partial charge in [-0.3, -0.25) is 9.13 Å². The third-order valence-electron chi connectivity index (χ3n) is 2.79. The molecule has 0 bridgehead atoms. The highest BCUT2D eigenvalue weighted by molar-refractivity contribution is 7.80. The zero-order valence-corrected chi connectivity index (χ0v) is 12.9. The predicted molar refractivity (Wildman–Crippen MR) is 79.3 cm³/mol. The van der Waals surface area contributed by atoms with Crippen molar-refractivity contribution in [3.05, 3.63) is 48.7 Å².